The van der Waals surface area contributed by atoms with Gasteiger partial charge in [0.25, 0.3) is 0 Å². The third-order valence-corrected chi connectivity index (χ3v) is 6.65. The highest BCUT2D eigenvalue weighted by molar-refractivity contribution is 7.98. The van der Waals surface area contributed by atoms with E-state index in [4.69, 9.17) is 4.42 Å². The number of fused-ring (bicyclic) bond motifs is 1. The fourth-order valence-corrected chi connectivity index (χ4v) is 4.90. The fourth-order valence-electron chi connectivity index (χ4n) is 3.90. The topological polar surface area (TPSA) is 64.2 Å². The number of hydrogen-bond donors (Lipinski definition) is 0. The molecule has 4 rings (SSSR count). The lowest BCUT2D eigenvalue weighted by Crippen LogP contribution is -2.21. The van der Waals surface area contributed by atoms with Gasteiger partial charge in [0.2, 0.25) is 0 Å². The largest absolute Gasteiger partial charge is 0.423 e. The van der Waals surface area contributed by atoms with Crippen LogP contribution in [0.1, 0.15) is 31.9 Å². The lowest BCUT2D eigenvalue weighted by Gasteiger charge is -2.21. The van der Waals surface area contributed by atoms with Crippen LogP contribution in [0.2, 0.25) is 0 Å². The summed E-state index contributed by atoms with van der Waals surface area (Å²) in [5, 5.41) is 10.7. The molecule has 0 radical (unpaired) electrons. The zero-order valence-corrected chi connectivity index (χ0v) is 19.8. The first-order valence-electron chi connectivity index (χ1n) is 11.0. The first kappa shape index (κ1) is 22.1. The van der Waals surface area contributed by atoms with Gasteiger partial charge in [-0.05, 0) is 69.2 Å². The Morgan fingerprint density at radius 1 is 1.00 bits per heavy atom. The minimum atomic E-state index is -0.329. The minimum absolute atomic E-state index is 0.329. The van der Waals surface area contributed by atoms with E-state index >= 15 is 0 Å². The molecule has 166 valence electrons. The van der Waals surface area contributed by atoms with Gasteiger partial charge in [-0.1, -0.05) is 23.9 Å². The summed E-state index contributed by atoms with van der Waals surface area (Å²) < 4.78 is 7.50. The van der Waals surface area contributed by atoms with E-state index in [2.05, 4.69) is 64.7 Å². The van der Waals surface area contributed by atoms with Crippen LogP contribution in [0.5, 0.6) is 0 Å². The Morgan fingerprint density at radius 3 is 2.44 bits per heavy atom. The van der Waals surface area contributed by atoms with Crippen LogP contribution in [0.15, 0.2) is 62.9 Å². The molecule has 7 heteroatoms. The second kappa shape index (κ2) is 9.61. The highest BCUT2D eigenvalue weighted by Gasteiger charge is 2.15. The average Bonchev–Trinajstić information content (AvgIpc) is 3.21. The van der Waals surface area contributed by atoms with Gasteiger partial charge in [0.05, 0.1) is 0 Å². The molecule has 0 aliphatic carbocycles. The summed E-state index contributed by atoms with van der Waals surface area (Å²) in [6.07, 6.45) is 0. The van der Waals surface area contributed by atoms with E-state index in [1.165, 1.54) is 5.69 Å². The van der Waals surface area contributed by atoms with Gasteiger partial charge in [0.1, 0.15) is 5.58 Å². The van der Waals surface area contributed by atoms with Gasteiger partial charge < -0.3 is 13.9 Å². The zero-order chi connectivity index (χ0) is 22.7. The molecule has 6 nitrogen and oxygen atoms in total. The molecule has 0 amide bonds. The van der Waals surface area contributed by atoms with Gasteiger partial charge in [0, 0.05) is 48.1 Å². The van der Waals surface area contributed by atoms with Gasteiger partial charge >= 0.3 is 5.63 Å². The first-order valence-corrected chi connectivity index (χ1v) is 12.0. The molecule has 0 saturated carbocycles. The number of thioether (sulfide) groups is 1. The van der Waals surface area contributed by atoms with E-state index in [1.807, 2.05) is 25.1 Å². The summed E-state index contributed by atoms with van der Waals surface area (Å²) in [5.74, 6) is 1.47. The molecule has 0 bridgehead atoms. The van der Waals surface area contributed by atoms with Crippen molar-refractivity contribution in [1.82, 2.24) is 14.8 Å². The highest BCUT2D eigenvalue weighted by atomic mass is 32.2. The monoisotopic (exact) mass is 448 g/mol. The molecular weight excluding hydrogens is 420 g/mol. The van der Waals surface area contributed by atoms with Crippen LogP contribution in [0.25, 0.3) is 22.4 Å². The third-order valence-electron chi connectivity index (χ3n) is 5.63. The molecule has 0 saturated heterocycles. The highest BCUT2D eigenvalue weighted by Crippen LogP contribution is 2.29. The summed E-state index contributed by atoms with van der Waals surface area (Å²) >= 11 is 1.58. The van der Waals surface area contributed by atoms with Gasteiger partial charge in [-0.25, -0.2) is 4.79 Å². The molecule has 2 aromatic heterocycles. The number of hydrogen-bond acceptors (Lipinski definition) is 6. The maximum absolute atomic E-state index is 12.0. The van der Waals surface area contributed by atoms with Crippen molar-refractivity contribution in [2.75, 3.05) is 18.0 Å². The predicted octanol–water partition coefficient (Wildman–Crippen LogP) is 5.52. The van der Waals surface area contributed by atoms with Crippen LogP contribution in [0.4, 0.5) is 5.69 Å². The van der Waals surface area contributed by atoms with Gasteiger partial charge in [0.15, 0.2) is 11.0 Å². The van der Waals surface area contributed by atoms with Crippen molar-refractivity contribution in [1.29, 1.82) is 0 Å². The Bertz CT molecular complexity index is 1270. The third kappa shape index (κ3) is 4.43. The van der Waals surface area contributed by atoms with E-state index < -0.39 is 0 Å². The molecule has 2 aromatic carbocycles. The normalized spacial score (nSPS) is 11.2. The lowest BCUT2D eigenvalue weighted by molar-refractivity contribution is 0.559. The van der Waals surface area contributed by atoms with Crippen LogP contribution < -0.4 is 10.5 Å². The minimum Gasteiger partial charge on any atom is -0.423 e. The van der Waals surface area contributed by atoms with Crippen LogP contribution in [0.3, 0.4) is 0 Å². The molecule has 0 aliphatic heterocycles. The van der Waals surface area contributed by atoms with Crippen molar-refractivity contribution in [3.63, 3.8) is 0 Å². The summed E-state index contributed by atoms with van der Waals surface area (Å²) in [6.45, 7) is 11.1. The Labute approximate surface area is 192 Å². The quantitative estimate of drug-likeness (QED) is 0.261. The molecule has 0 atom stereocenters. The van der Waals surface area contributed by atoms with Crippen LogP contribution in [-0.4, -0.2) is 27.9 Å². The molecule has 32 heavy (non-hydrogen) atoms. The summed E-state index contributed by atoms with van der Waals surface area (Å²) in [7, 11) is 0. The second-order valence-electron chi connectivity index (χ2n) is 7.65. The fraction of sp³-hybridized carbons (Fsp3) is 0.320. The van der Waals surface area contributed by atoms with Crippen molar-refractivity contribution in [3.8, 4) is 11.4 Å². The number of aryl methyl sites for hydroxylation is 1. The van der Waals surface area contributed by atoms with E-state index in [1.54, 1.807) is 17.8 Å². The molecule has 0 spiro atoms. The van der Waals surface area contributed by atoms with Gasteiger partial charge in [-0.15, -0.1) is 10.2 Å². The van der Waals surface area contributed by atoms with Crippen molar-refractivity contribution >= 4 is 28.4 Å². The number of anilines is 1. The number of nitrogens with zero attached hydrogens (tertiary/aromatic N) is 4. The molecule has 0 N–H and O–H groups in total. The van der Waals surface area contributed by atoms with E-state index in [-0.39, 0.29) is 5.63 Å². The number of aromatic nitrogens is 3. The van der Waals surface area contributed by atoms with Crippen molar-refractivity contribution < 1.29 is 4.42 Å². The van der Waals surface area contributed by atoms with E-state index in [0.717, 1.165) is 52.7 Å². The summed E-state index contributed by atoms with van der Waals surface area (Å²) in [6, 6.07) is 16.0. The maximum Gasteiger partial charge on any atom is 0.336 e. The van der Waals surface area contributed by atoms with Crippen LogP contribution >= 0.6 is 11.8 Å². The standard InChI is InChI=1S/C25H28N4O2S/c1-5-28(6-2)20-11-9-18(10-12-20)24-26-27-25(29(24)7-3)32-16-19-15-23(30)31-22-14-17(4)8-13-21(19)22/h8-15H,5-7,16H2,1-4H3. The molecule has 2 heterocycles. The summed E-state index contributed by atoms with van der Waals surface area (Å²) in [5.41, 5.74) is 4.55. The molecular formula is C25H28N4O2S. The number of benzene rings is 2. The smallest absolute Gasteiger partial charge is 0.336 e. The van der Waals surface area contributed by atoms with E-state index in [0.29, 0.717) is 11.3 Å². The Kier molecular flexibility index (Phi) is 6.65. The van der Waals surface area contributed by atoms with Gasteiger partial charge in [-0.2, -0.15) is 0 Å². The van der Waals surface area contributed by atoms with E-state index in [9.17, 15) is 4.79 Å². The molecule has 0 aliphatic rings. The maximum atomic E-state index is 12.0. The molecule has 0 fully saturated rings. The van der Waals surface area contributed by atoms with Crippen LogP contribution in [-0.2, 0) is 12.3 Å². The molecule has 4 aromatic rings. The first-order chi connectivity index (χ1) is 15.5. The van der Waals surface area contributed by atoms with Crippen LogP contribution in [0, 0.1) is 6.92 Å². The SMILES string of the molecule is CCN(CC)c1ccc(-c2nnc(SCc3cc(=O)oc4cc(C)ccc34)n2CC)cc1. The van der Waals surface area contributed by atoms with Crippen molar-refractivity contribution in [3.05, 3.63) is 70.1 Å². The predicted molar refractivity (Wildman–Crippen MR) is 131 cm³/mol. The lowest BCUT2D eigenvalue weighted by atomic mass is 10.1. The Hall–Kier alpha value is -3.06. The van der Waals surface area contributed by atoms with Crippen molar-refractivity contribution in [2.24, 2.45) is 0 Å². The Balaban J connectivity index is 1.59. The second-order valence-corrected chi connectivity index (χ2v) is 8.59. The van der Waals surface area contributed by atoms with Gasteiger partial charge in [-0.3, -0.25) is 0 Å². The molecule has 0 unspecified atom stereocenters. The average molecular weight is 449 g/mol. The Morgan fingerprint density at radius 2 is 1.75 bits per heavy atom. The number of rotatable bonds is 8. The summed E-state index contributed by atoms with van der Waals surface area (Å²) in [4.78, 5) is 14.4. The van der Waals surface area contributed by atoms with Crippen molar-refractivity contribution in [2.45, 2.75) is 45.1 Å². The zero-order valence-electron chi connectivity index (χ0n) is 19.0.